The molecule has 0 saturated heterocycles. The van der Waals surface area contributed by atoms with E-state index in [1.165, 1.54) is 0 Å². The molecule has 108 valence electrons. The topological polar surface area (TPSA) is 66.4 Å². The van der Waals surface area contributed by atoms with Crippen LogP contribution in [0.5, 0.6) is 0 Å². The van der Waals surface area contributed by atoms with E-state index in [9.17, 15) is 9.59 Å². The largest absolute Gasteiger partial charge is 0.481 e. The molecule has 0 unspecified atom stereocenters. The first-order valence-electron chi connectivity index (χ1n) is 7.03. The van der Waals surface area contributed by atoms with Crippen LogP contribution in [0.1, 0.15) is 53.6 Å². The van der Waals surface area contributed by atoms with Crippen LogP contribution in [0.2, 0.25) is 0 Å². The van der Waals surface area contributed by atoms with Crippen molar-refractivity contribution in [1.29, 1.82) is 0 Å². The van der Waals surface area contributed by atoms with Crippen LogP contribution < -0.4 is 5.32 Å². The van der Waals surface area contributed by atoms with Gasteiger partial charge in [-0.25, -0.2) is 0 Å². The van der Waals surface area contributed by atoms with Crippen LogP contribution >= 0.6 is 0 Å². The predicted molar refractivity (Wildman–Crippen MR) is 76.8 cm³/mol. The lowest BCUT2D eigenvalue weighted by Gasteiger charge is -2.28. The normalized spacial score (nSPS) is 16.9. The molecule has 0 bridgehead atoms. The van der Waals surface area contributed by atoms with Gasteiger partial charge in [-0.05, 0) is 38.8 Å². The second-order valence-corrected chi connectivity index (χ2v) is 5.89. The van der Waals surface area contributed by atoms with Gasteiger partial charge in [0.15, 0.2) is 0 Å². The molecule has 0 spiro atoms. The molecule has 0 heterocycles. The van der Waals surface area contributed by atoms with Crippen LogP contribution in [0.25, 0.3) is 0 Å². The molecule has 4 nitrogen and oxygen atoms in total. The van der Waals surface area contributed by atoms with E-state index in [0.717, 1.165) is 36.8 Å². The average Bonchev–Trinajstić information content (AvgIpc) is 2.74. The Bertz CT molecular complexity index is 510. The van der Waals surface area contributed by atoms with Gasteiger partial charge in [-0.3, -0.25) is 9.59 Å². The fourth-order valence-corrected chi connectivity index (χ4v) is 3.11. The van der Waals surface area contributed by atoms with Crippen LogP contribution in [-0.2, 0) is 4.79 Å². The van der Waals surface area contributed by atoms with Gasteiger partial charge in [-0.15, -0.1) is 0 Å². The minimum Gasteiger partial charge on any atom is -0.481 e. The molecule has 0 aromatic heterocycles. The van der Waals surface area contributed by atoms with E-state index in [2.05, 4.69) is 5.32 Å². The quantitative estimate of drug-likeness (QED) is 0.888. The summed E-state index contributed by atoms with van der Waals surface area (Å²) >= 11 is 0. The van der Waals surface area contributed by atoms with Gasteiger partial charge >= 0.3 is 5.97 Å². The molecule has 0 aliphatic heterocycles. The van der Waals surface area contributed by atoms with Crippen molar-refractivity contribution < 1.29 is 14.7 Å². The van der Waals surface area contributed by atoms with Crippen LogP contribution in [0.15, 0.2) is 18.2 Å². The highest BCUT2D eigenvalue weighted by atomic mass is 16.4. The smallest absolute Gasteiger partial charge is 0.305 e. The summed E-state index contributed by atoms with van der Waals surface area (Å²) < 4.78 is 0. The number of carbonyl (C=O) groups is 2. The molecule has 1 aliphatic rings. The molecular formula is C16H21NO3. The van der Waals surface area contributed by atoms with Crippen molar-refractivity contribution in [1.82, 2.24) is 5.32 Å². The lowest BCUT2D eigenvalue weighted by atomic mass is 9.92. The van der Waals surface area contributed by atoms with Crippen molar-refractivity contribution in [3.63, 3.8) is 0 Å². The van der Waals surface area contributed by atoms with Gasteiger partial charge in [0, 0.05) is 5.56 Å². The van der Waals surface area contributed by atoms with Gasteiger partial charge in [-0.2, -0.15) is 0 Å². The highest BCUT2D eigenvalue weighted by Gasteiger charge is 2.37. The number of amides is 1. The Balaban J connectivity index is 2.18. The SMILES string of the molecule is Cc1cc(C)cc(C(=O)NC2(CC(=O)O)CCCC2)c1. The Kier molecular flexibility index (Phi) is 4.12. The monoisotopic (exact) mass is 275 g/mol. The van der Waals surface area contributed by atoms with Gasteiger partial charge in [0.05, 0.1) is 12.0 Å². The highest BCUT2D eigenvalue weighted by Crippen LogP contribution is 2.33. The van der Waals surface area contributed by atoms with Crippen molar-refractivity contribution in [3.05, 3.63) is 34.9 Å². The van der Waals surface area contributed by atoms with Gasteiger partial charge < -0.3 is 10.4 Å². The number of aryl methyl sites for hydroxylation is 2. The second-order valence-electron chi connectivity index (χ2n) is 5.89. The summed E-state index contributed by atoms with van der Waals surface area (Å²) in [6.45, 7) is 3.90. The molecule has 1 fully saturated rings. The average molecular weight is 275 g/mol. The summed E-state index contributed by atoms with van der Waals surface area (Å²) in [5, 5.41) is 12.0. The van der Waals surface area contributed by atoms with Crippen LogP contribution in [0.3, 0.4) is 0 Å². The van der Waals surface area contributed by atoms with Crippen molar-refractivity contribution in [2.24, 2.45) is 0 Å². The van der Waals surface area contributed by atoms with E-state index in [4.69, 9.17) is 5.11 Å². The minimum absolute atomic E-state index is 0.00351. The molecule has 1 aromatic rings. The van der Waals surface area contributed by atoms with Crippen molar-refractivity contribution in [2.45, 2.75) is 51.5 Å². The first kappa shape index (κ1) is 14.6. The van der Waals surface area contributed by atoms with E-state index in [-0.39, 0.29) is 12.3 Å². The van der Waals surface area contributed by atoms with Gasteiger partial charge in [0.1, 0.15) is 0 Å². The first-order valence-corrected chi connectivity index (χ1v) is 7.03. The predicted octanol–water partition coefficient (Wildman–Crippen LogP) is 2.82. The van der Waals surface area contributed by atoms with Crippen molar-refractivity contribution in [3.8, 4) is 0 Å². The van der Waals surface area contributed by atoms with Gasteiger partial charge in [-0.1, -0.05) is 30.0 Å². The Labute approximate surface area is 119 Å². The van der Waals surface area contributed by atoms with E-state index < -0.39 is 11.5 Å². The zero-order valence-electron chi connectivity index (χ0n) is 12.0. The number of aliphatic carboxylic acids is 1. The zero-order chi connectivity index (χ0) is 14.8. The molecule has 0 atom stereocenters. The number of carboxylic acids is 1. The summed E-state index contributed by atoms with van der Waals surface area (Å²) in [6, 6.07) is 5.69. The van der Waals surface area contributed by atoms with Crippen LogP contribution in [0.4, 0.5) is 0 Å². The number of carbonyl (C=O) groups excluding carboxylic acids is 1. The molecule has 20 heavy (non-hydrogen) atoms. The maximum absolute atomic E-state index is 12.4. The van der Waals surface area contributed by atoms with E-state index in [0.29, 0.717) is 5.56 Å². The third kappa shape index (κ3) is 3.38. The Hall–Kier alpha value is -1.84. The lowest BCUT2D eigenvalue weighted by molar-refractivity contribution is -0.138. The van der Waals surface area contributed by atoms with E-state index in [1.54, 1.807) is 0 Å². The van der Waals surface area contributed by atoms with Crippen molar-refractivity contribution in [2.75, 3.05) is 0 Å². The molecular weight excluding hydrogens is 254 g/mol. The molecule has 1 amide bonds. The number of rotatable bonds is 4. The summed E-state index contributed by atoms with van der Waals surface area (Å²) in [5.74, 6) is -1.02. The van der Waals surface area contributed by atoms with Gasteiger partial charge in [0.25, 0.3) is 5.91 Å². The van der Waals surface area contributed by atoms with Crippen LogP contribution in [-0.4, -0.2) is 22.5 Å². The molecule has 1 aromatic carbocycles. The molecule has 0 radical (unpaired) electrons. The second kappa shape index (κ2) is 5.65. The van der Waals surface area contributed by atoms with E-state index >= 15 is 0 Å². The maximum Gasteiger partial charge on any atom is 0.305 e. The van der Waals surface area contributed by atoms with E-state index in [1.807, 2.05) is 32.0 Å². The number of carboxylic acid groups (broad SMARTS) is 1. The third-order valence-electron chi connectivity index (χ3n) is 3.91. The fraction of sp³-hybridized carbons (Fsp3) is 0.500. The summed E-state index contributed by atoms with van der Waals surface area (Å²) in [5.41, 5.74) is 2.11. The molecule has 4 heteroatoms. The third-order valence-corrected chi connectivity index (χ3v) is 3.91. The maximum atomic E-state index is 12.4. The number of nitrogens with one attached hydrogen (secondary N) is 1. The zero-order valence-corrected chi connectivity index (χ0v) is 12.0. The van der Waals surface area contributed by atoms with Crippen LogP contribution in [0, 0.1) is 13.8 Å². The molecule has 2 rings (SSSR count). The highest BCUT2D eigenvalue weighted by molar-refractivity contribution is 5.95. The number of benzene rings is 1. The Morgan fingerprint density at radius 1 is 1.15 bits per heavy atom. The fourth-order valence-electron chi connectivity index (χ4n) is 3.11. The van der Waals surface area contributed by atoms with Gasteiger partial charge in [0.2, 0.25) is 0 Å². The lowest BCUT2D eigenvalue weighted by Crippen LogP contribution is -2.47. The van der Waals surface area contributed by atoms with Crippen molar-refractivity contribution >= 4 is 11.9 Å². The summed E-state index contributed by atoms with van der Waals surface area (Å²) in [7, 11) is 0. The molecule has 1 saturated carbocycles. The summed E-state index contributed by atoms with van der Waals surface area (Å²) in [6.07, 6.45) is 3.44. The molecule has 1 aliphatic carbocycles. The number of hydrogen-bond acceptors (Lipinski definition) is 2. The summed E-state index contributed by atoms with van der Waals surface area (Å²) in [4.78, 5) is 23.4. The Morgan fingerprint density at radius 2 is 1.70 bits per heavy atom. The minimum atomic E-state index is -0.854. The first-order chi connectivity index (χ1) is 9.40. The molecule has 2 N–H and O–H groups in total. The standard InChI is InChI=1S/C16H21NO3/c1-11-7-12(2)9-13(8-11)15(20)17-16(10-14(18)19)5-3-4-6-16/h7-9H,3-6,10H2,1-2H3,(H,17,20)(H,18,19). The Morgan fingerprint density at radius 3 is 2.20 bits per heavy atom. The number of hydrogen-bond donors (Lipinski definition) is 2.